The predicted octanol–water partition coefficient (Wildman–Crippen LogP) is 6.84. The minimum atomic E-state index is -10.7. The summed E-state index contributed by atoms with van der Waals surface area (Å²) >= 11 is 7.11. The van der Waals surface area contributed by atoms with E-state index >= 15 is 0 Å². The molecule has 0 saturated heterocycles. The SMILES string of the molecule is F[P-](F)(F)(F)(F)F.Oc1ccc([SH+]CCc2ccc(Cl)cc2)cc1. The summed E-state index contributed by atoms with van der Waals surface area (Å²) in [5, 5.41) is 9.95. The van der Waals surface area contributed by atoms with Crippen molar-refractivity contribution in [2.45, 2.75) is 11.3 Å². The Kier molecular flexibility index (Phi) is 6.12. The molecule has 0 aromatic heterocycles. The number of rotatable bonds is 4. The molecule has 10 heteroatoms. The Hall–Kier alpha value is -1.11. The van der Waals surface area contributed by atoms with E-state index in [-0.39, 0.29) is 0 Å². The van der Waals surface area contributed by atoms with Crippen LogP contribution in [0.5, 0.6) is 5.75 Å². The molecule has 0 fully saturated rings. The minimum absolute atomic E-state index is 0.321. The van der Waals surface area contributed by atoms with E-state index in [0.29, 0.717) is 5.75 Å². The number of thiol groups is 1. The van der Waals surface area contributed by atoms with Crippen molar-refractivity contribution in [3.63, 3.8) is 0 Å². The predicted molar refractivity (Wildman–Crippen MR) is 88.7 cm³/mol. The maximum atomic E-state index is 9.87. The summed E-state index contributed by atoms with van der Waals surface area (Å²) in [7, 11) is -10.7. The molecule has 0 unspecified atom stereocenters. The topological polar surface area (TPSA) is 20.2 Å². The number of aryl methyl sites for hydroxylation is 1. The molecule has 0 saturated carbocycles. The first-order chi connectivity index (χ1) is 10.7. The van der Waals surface area contributed by atoms with Crippen molar-refractivity contribution in [3.05, 3.63) is 59.1 Å². The van der Waals surface area contributed by atoms with E-state index in [1.54, 1.807) is 12.1 Å². The zero-order chi connectivity index (χ0) is 18.5. The summed E-state index contributed by atoms with van der Waals surface area (Å²) in [6.45, 7) is 0. The Balaban J connectivity index is 0.000000351. The van der Waals surface area contributed by atoms with Gasteiger partial charge in [0.05, 0.1) is 0 Å². The number of aromatic hydroxyl groups is 1. The average Bonchev–Trinajstić information content (AvgIpc) is 2.40. The monoisotopic (exact) mass is 410 g/mol. The molecule has 0 radical (unpaired) electrons. The van der Waals surface area contributed by atoms with Crippen LogP contribution in [0.2, 0.25) is 5.02 Å². The van der Waals surface area contributed by atoms with E-state index in [2.05, 4.69) is 12.1 Å². The summed E-state index contributed by atoms with van der Waals surface area (Å²) in [4.78, 5) is 1.23. The van der Waals surface area contributed by atoms with Gasteiger partial charge in [0.1, 0.15) is 11.5 Å². The molecule has 0 aliphatic carbocycles. The number of hydrogen-bond donors (Lipinski definition) is 1. The molecule has 136 valence electrons. The third kappa shape index (κ3) is 13.3. The van der Waals surface area contributed by atoms with Gasteiger partial charge in [-0.05, 0) is 42.0 Å². The maximum Gasteiger partial charge on any atom is 0.152 e. The van der Waals surface area contributed by atoms with Gasteiger partial charge in [-0.2, -0.15) is 0 Å². The smallest absolute Gasteiger partial charge is 0.152 e. The first-order valence-electron chi connectivity index (χ1n) is 6.46. The van der Waals surface area contributed by atoms with Crippen LogP contribution in [0.1, 0.15) is 5.56 Å². The van der Waals surface area contributed by atoms with Gasteiger partial charge in [-0.3, -0.25) is 0 Å². The largest absolute Gasteiger partial charge is 0.508 e. The fraction of sp³-hybridized carbons (Fsp3) is 0.143. The second kappa shape index (κ2) is 7.02. The molecule has 0 bridgehead atoms. The van der Waals surface area contributed by atoms with Crippen molar-refractivity contribution in [1.29, 1.82) is 0 Å². The molecule has 0 spiro atoms. The first kappa shape index (κ1) is 20.9. The van der Waals surface area contributed by atoms with Crippen LogP contribution in [-0.4, -0.2) is 10.9 Å². The van der Waals surface area contributed by atoms with Crippen LogP contribution in [0.15, 0.2) is 53.4 Å². The van der Waals surface area contributed by atoms with Crippen LogP contribution in [0.4, 0.5) is 25.2 Å². The van der Waals surface area contributed by atoms with E-state index in [1.165, 1.54) is 22.2 Å². The van der Waals surface area contributed by atoms with Gasteiger partial charge < -0.3 is 5.11 Å². The van der Waals surface area contributed by atoms with Gasteiger partial charge in [0.15, 0.2) is 4.90 Å². The maximum absolute atomic E-state index is 10.7. The van der Waals surface area contributed by atoms with Crippen molar-refractivity contribution in [1.82, 2.24) is 0 Å². The van der Waals surface area contributed by atoms with Gasteiger partial charge in [0.2, 0.25) is 0 Å². The normalized spacial score (nSPS) is 14.1. The number of phenols is 1. The Morgan fingerprint density at radius 3 is 1.75 bits per heavy atom. The van der Waals surface area contributed by atoms with Crippen LogP contribution >= 0.6 is 19.4 Å². The number of benzene rings is 2. The van der Waals surface area contributed by atoms with Gasteiger partial charge in [0.25, 0.3) is 0 Å². The van der Waals surface area contributed by atoms with Crippen molar-refractivity contribution in [2.24, 2.45) is 0 Å². The van der Waals surface area contributed by atoms with Crippen LogP contribution in [0, 0.1) is 0 Å². The molecule has 0 aliphatic heterocycles. The third-order valence-corrected chi connectivity index (χ3v) is 3.82. The van der Waals surface area contributed by atoms with Crippen molar-refractivity contribution in [3.8, 4) is 5.75 Å². The zero-order valence-corrected chi connectivity index (χ0v) is 14.6. The Morgan fingerprint density at radius 1 is 0.833 bits per heavy atom. The number of phenolic OH excluding ortho intramolecular Hbond substituents is 1. The molecule has 2 aromatic carbocycles. The third-order valence-electron chi connectivity index (χ3n) is 2.46. The zero-order valence-electron chi connectivity index (χ0n) is 12.0. The summed E-state index contributed by atoms with van der Waals surface area (Å²) in [6, 6.07) is 15.3. The van der Waals surface area contributed by atoms with Crippen LogP contribution in [-0.2, 0) is 18.2 Å². The average molecular weight is 411 g/mol. The van der Waals surface area contributed by atoms with Gasteiger partial charge in [-0.25, -0.2) is 0 Å². The Bertz CT molecular complexity index is 601. The molecule has 0 aliphatic rings. The van der Waals surface area contributed by atoms with Gasteiger partial charge >= 0.3 is 33.0 Å². The van der Waals surface area contributed by atoms with Gasteiger partial charge in [-0.1, -0.05) is 23.7 Å². The van der Waals surface area contributed by atoms with Crippen molar-refractivity contribution in [2.75, 3.05) is 5.75 Å². The minimum Gasteiger partial charge on any atom is -0.508 e. The molecule has 0 heterocycles. The van der Waals surface area contributed by atoms with Crippen LogP contribution in [0.25, 0.3) is 0 Å². The van der Waals surface area contributed by atoms with Crippen LogP contribution in [0.3, 0.4) is 0 Å². The van der Waals surface area contributed by atoms with Gasteiger partial charge in [-0.15, -0.1) is 0 Å². The molecule has 24 heavy (non-hydrogen) atoms. The fourth-order valence-corrected chi connectivity index (χ4v) is 2.64. The quantitative estimate of drug-likeness (QED) is 0.253. The van der Waals surface area contributed by atoms with E-state index < -0.39 is 7.81 Å². The molecule has 2 aromatic rings. The van der Waals surface area contributed by atoms with Crippen LogP contribution < -0.4 is 0 Å². The molecular weight excluding hydrogens is 397 g/mol. The van der Waals surface area contributed by atoms with E-state index in [9.17, 15) is 30.3 Å². The van der Waals surface area contributed by atoms with E-state index in [4.69, 9.17) is 11.6 Å². The Morgan fingerprint density at radius 2 is 1.29 bits per heavy atom. The Labute approximate surface area is 143 Å². The number of halogens is 7. The molecule has 1 nitrogen and oxygen atoms in total. The first-order valence-corrected chi connectivity index (χ1v) is 9.95. The summed E-state index contributed by atoms with van der Waals surface area (Å²) in [6.07, 6.45) is 1.04. The van der Waals surface area contributed by atoms with Crippen molar-refractivity contribution >= 4 is 31.2 Å². The summed E-state index contributed by atoms with van der Waals surface area (Å²) < 4.78 is 59.2. The fourth-order valence-electron chi connectivity index (χ4n) is 1.52. The second-order valence-corrected chi connectivity index (χ2v) is 8.37. The number of hydrogen-bond acceptors (Lipinski definition) is 1. The molecule has 2 rings (SSSR count). The molecule has 0 amide bonds. The van der Waals surface area contributed by atoms with Gasteiger partial charge in [0, 0.05) is 23.2 Å². The van der Waals surface area contributed by atoms with E-state index in [1.807, 2.05) is 24.3 Å². The van der Waals surface area contributed by atoms with Crippen molar-refractivity contribution < 1.29 is 30.3 Å². The van der Waals surface area contributed by atoms with E-state index in [0.717, 1.165) is 17.2 Å². The molecule has 1 N–H and O–H groups in total. The molecular formula is C14H14ClF6OPS. The summed E-state index contributed by atoms with van der Waals surface area (Å²) in [5.74, 6) is 1.40. The standard InChI is InChI=1S/C14H13ClOS.F6P/c15-12-3-1-11(2-4-12)9-10-17-14-7-5-13(16)6-8-14;1-7(2,3,4,5)6/h1-8,16H,9-10H2;/q;-1/p+1. The second-order valence-electron chi connectivity index (χ2n) is 4.73. The summed E-state index contributed by atoms with van der Waals surface area (Å²) in [5.41, 5.74) is 1.31. The molecule has 0 atom stereocenters.